The second-order valence-corrected chi connectivity index (χ2v) is 7.01. The fraction of sp³-hybridized carbons (Fsp3) is 0.348. The van der Waals surface area contributed by atoms with Gasteiger partial charge in [-0.05, 0) is 42.7 Å². The largest absolute Gasteiger partial charge is 0.497 e. The topological polar surface area (TPSA) is 81.4 Å². The van der Waals surface area contributed by atoms with Gasteiger partial charge in [0.2, 0.25) is 5.43 Å². The summed E-state index contributed by atoms with van der Waals surface area (Å²) < 4.78 is 6.92. The zero-order chi connectivity index (χ0) is 20.6. The number of aliphatic hydroxyl groups excluding tert-OH is 1. The highest BCUT2D eigenvalue weighted by Gasteiger charge is 2.17. The molecule has 0 bridgehead atoms. The van der Waals surface area contributed by atoms with Gasteiger partial charge in [-0.1, -0.05) is 37.1 Å². The van der Waals surface area contributed by atoms with Crippen molar-refractivity contribution in [3.05, 3.63) is 70.0 Å². The van der Waals surface area contributed by atoms with Crippen LogP contribution >= 0.6 is 0 Å². The average Bonchev–Trinajstić information content (AvgIpc) is 2.76. The minimum absolute atomic E-state index is 0.000583. The molecule has 6 nitrogen and oxygen atoms in total. The first kappa shape index (κ1) is 20.7. The molecular formula is C23H26N2O4. The first-order valence-electron chi connectivity index (χ1n) is 9.91. The molecule has 0 aliphatic heterocycles. The molecule has 0 fully saturated rings. The van der Waals surface area contributed by atoms with E-state index in [2.05, 4.69) is 5.10 Å². The van der Waals surface area contributed by atoms with Gasteiger partial charge in [0.25, 0.3) is 0 Å². The smallest absolute Gasteiger partial charge is 0.219 e. The zero-order valence-corrected chi connectivity index (χ0v) is 16.6. The third-order valence-electron chi connectivity index (χ3n) is 4.93. The lowest BCUT2D eigenvalue weighted by atomic mass is 10.1. The van der Waals surface area contributed by atoms with Crippen LogP contribution in [0.15, 0.2) is 53.3 Å². The number of ketones is 1. The summed E-state index contributed by atoms with van der Waals surface area (Å²) >= 11 is 0. The van der Waals surface area contributed by atoms with Gasteiger partial charge in [-0.25, -0.2) is 0 Å². The molecule has 0 aliphatic carbocycles. The number of Topliss-reactive ketones (excluding diaryl/α,β-unsaturated/α-hetero) is 1. The molecule has 6 heteroatoms. The Morgan fingerprint density at radius 2 is 1.76 bits per heavy atom. The summed E-state index contributed by atoms with van der Waals surface area (Å²) in [5, 5.41) is 13.8. The third-order valence-corrected chi connectivity index (χ3v) is 4.93. The lowest BCUT2D eigenvalue weighted by Crippen LogP contribution is -2.23. The molecule has 0 saturated carbocycles. The van der Waals surface area contributed by atoms with E-state index in [0.717, 1.165) is 30.6 Å². The molecule has 1 heterocycles. The normalized spacial score (nSPS) is 11.0. The Hall–Kier alpha value is -2.99. The summed E-state index contributed by atoms with van der Waals surface area (Å²) in [5.74, 6) is 0.539. The number of aromatic nitrogens is 2. The van der Waals surface area contributed by atoms with E-state index >= 15 is 0 Å². The zero-order valence-electron chi connectivity index (χ0n) is 16.6. The summed E-state index contributed by atoms with van der Waals surface area (Å²) in [5.41, 5.74) is 1.38. The molecule has 0 aliphatic rings. The number of carbonyl (C=O) groups excluding carboxylic acids is 1. The summed E-state index contributed by atoms with van der Waals surface area (Å²) in [7, 11) is 1.62. The fourth-order valence-corrected chi connectivity index (χ4v) is 3.31. The van der Waals surface area contributed by atoms with Crippen LogP contribution in [-0.2, 0) is 6.54 Å². The Balaban J connectivity index is 1.89. The molecular weight excluding hydrogens is 368 g/mol. The maximum absolute atomic E-state index is 12.8. The van der Waals surface area contributed by atoms with Gasteiger partial charge in [-0.3, -0.25) is 14.3 Å². The van der Waals surface area contributed by atoms with Crippen LogP contribution in [0.2, 0.25) is 0 Å². The second kappa shape index (κ2) is 9.98. The number of hydrogen-bond acceptors (Lipinski definition) is 5. The van der Waals surface area contributed by atoms with Crippen LogP contribution in [0, 0.1) is 0 Å². The first-order chi connectivity index (χ1) is 14.1. The Morgan fingerprint density at radius 1 is 1.03 bits per heavy atom. The SMILES string of the molecule is COc1ccc(Cn2nc(C(=O)CCCCCCO)c(=O)c3ccccc32)cc1. The van der Waals surface area contributed by atoms with Gasteiger partial charge < -0.3 is 9.84 Å². The number of fused-ring (bicyclic) bond motifs is 1. The molecule has 0 spiro atoms. The molecule has 29 heavy (non-hydrogen) atoms. The highest BCUT2D eigenvalue weighted by atomic mass is 16.5. The minimum atomic E-state index is -0.313. The number of methoxy groups -OCH3 is 1. The van der Waals surface area contributed by atoms with E-state index in [1.54, 1.807) is 23.9 Å². The van der Waals surface area contributed by atoms with E-state index in [0.29, 0.717) is 23.9 Å². The van der Waals surface area contributed by atoms with Gasteiger partial charge in [-0.15, -0.1) is 0 Å². The number of nitrogens with zero attached hydrogens (tertiary/aromatic N) is 2. The number of carbonyl (C=O) groups is 1. The van der Waals surface area contributed by atoms with Crippen LogP contribution < -0.4 is 10.2 Å². The van der Waals surface area contributed by atoms with Crippen molar-refractivity contribution in [2.75, 3.05) is 13.7 Å². The number of ether oxygens (including phenoxy) is 1. The number of para-hydroxylation sites is 1. The van der Waals surface area contributed by atoms with Crippen molar-refractivity contribution in [3.8, 4) is 5.75 Å². The van der Waals surface area contributed by atoms with Crippen LogP contribution in [0.4, 0.5) is 0 Å². The number of aliphatic hydroxyl groups is 1. The van der Waals surface area contributed by atoms with Gasteiger partial charge >= 0.3 is 0 Å². The standard InChI is InChI=1S/C23H26N2O4/c1-29-18-13-11-17(12-14-18)16-25-20-9-6-5-8-19(20)23(28)22(24-25)21(27)10-4-2-3-7-15-26/h5-6,8-9,11-14,26H,2-4,7,10,15-16H2,1H3. The lowest BCUT2D eigenvalue weighted by Gasteiger charge is -2.12. The molecule has 0 radical (unpaired) electrons. The van der Waals surface area contributed by atoms with Gasteiger partial charge in [0.05, 0.1) is 19.2 Å². The third kappa shape index (κ3) is 5.09. The first-order valence-corrected chi connectivity index (χ1v) is 9.91. The van der Waals surface area contributed by atoms with Crippen molar-refractivity contribution in [1.29, 1.82) is 0 Å². The van der Waals surface area contributed by atoms with Gasteiger partial charge in [-0.2, -0.15) is 5.10 Å². The van der Waals surface area contributed by atoms with E-state index in [1.807, 2.05) is 36.4 Å². The molecule has 0 unspecified atom stereocenters. The van der Waals surface area contributed by atoms with Crippen molar-refractivity contribution < 1.29 is 14.6 Å². The van der Waals surface area contributed by atoms with Crippen LogP contribution in [0.3, 0.4) is 0 Å². The van der Waals surface area contributed by atoms with Crippen LogP contribution in [-0.4, -0.2) is 34.4 Å². The van der Waals surface area contributed by atoms with Crippen LogP contribution in [0.25, 0.3) is 10.9 Å². The number of unbranched alkanes of at least 4 members (excludes halogenated alkanes) is 3. The molecule has 0 atom stereocenters. The van der Waals surface area contributed by atoms with E-state index < -0.39 is 0 Å². The number of benzene rings is 2. The molecule has 1 aromatic heterocycles. The molecule has 152 valence electrons. The van der Waals surface area contributed by atoms with E-state index in [4.69, 9.17) is 9.84 Å². The molecule has 1 N–H and O–H groups in total. The van der Waals surface area contributed by atoms with E-state index in [9.17, 15) is 9.59 Å². The Bertz CT molecular complexity index is 1030. The molecule has 0 amide bonds. The van der Waals surface area contributed by atoms with Crippen molar-refractivity contribution in [2.24, 2.45) is 0 Å². The minimum Gasteiger partial charge on any atom is -0.497 e. The molecule has 0 saturated heterocycles. The van der Waals surface area contributed by atoms with Crippen molar-refractivity contribution in [3.63, 3.8) is 0 Å². The van der Waals surface area contributed by atoms with Gasteiger partial charge in [0.1, 0.15) is 5.75 Å². The summed E-state index contributed by atoms with van der Waals surface area (Å²) in [4.78, 5) is 25.5. The summed E-state index contributed by atoms with van der Waals surface area (Å²) in [6.07, 6.45) is 3.42. The Morgan fingerprint density at radius 3 is 2.48 bits per heavy atom. The Labute approximate surface area is 169 Å². The number of hydrogen-bond donors (Lipinski definition) is 1. The van der Waals surface area contributed by atoms with Crippen LogP contribution in [0.1, 0.15) is 48.2 Å². The van der Waals surface area contributed by atoms with Crippen molar-refractivity contribution in [1.82, 2.24) is 9.78 Å². The maximum Gasteiger partial charge on any atom is 0.219 e. The summed E-state index contributed by atoms with van der Waals surface area (Å²) in [6, 6.07) is 14.9. The highest BCUT2D eigenvalue weighted by Crippen LogP contribution is 2.16. The summed E-state index contributed by atoms with van der Waals surface area (Å²) in [6.45, 7) is 0.609. The Kier molecular flexibility index (Phi) is 7.14. The van der Waals surface area contributed by atoms with E-state index in [1.165, 1.54) is 0 Å². The predicted octanol–water partition coefficient (Wildman–Crippen LogP) is 3.58. The monoisotopic (exact) mass is 394 g/mol. The number of rotatable bonds is 10. The highest BCUT2D eigenvalue weighted by molar-refractivity contribution is 5.96. The maximum atomic E-state index is 12.8. The van der Waals surface area contributed by atoms with Gasteiger partial charge in [0.15, 0.2) is 11.5 Å². The second-order valence-electron chi connectivity index (χ2n) is 7.01. The molecule has 3 aromatic rings. The molecule has 2 aromatic carbocycles. The quantitative estimate of drug-likeness (QED) is 0.420. The van der Waals surface area contributed by atoms with Gasteiger partial charge in [0, 0.05) is 18.4 Å². The lowest BCUT2D eigenvalue weighted by molar-refractivity contribution is 0.0971. The van der Waals surface area contributed by atoms with Crippen molar-refractivity contribution >= 4 is 16.7 Å². The molecule has 3 rings (SSSR count). The average molecular weight is 394 g/mol. The predicted molar refractivity (Wildman–Crippen MR) is 113 cm³/mol. The van der Waals surface area contributed by atoms with Crippen LogP contribution in [0.5, 0.6) is 5.75 Å². The fourth-order valence-electron chi connectivity index (χ4n) is 3.31. The van der Waals surface area contributed by atoms with Crippen molar-refractivity contribution in [2.45, 2.75) is 38.6 Å². The van der Waals surface area contributed by atoms with E-state index in [-0.39, 0.29) is 29.9 Å².